The molecule has 0 aliphatic carbocycles. The number of nitrogens with one attached hydrogen (secondary N) is 1. The van der Waals surface area contributed by atoms with Crippen LogP contribution in [0.4, 0.5) is 5.82 Å². The Morgan fingerprint density at radius 1 is 1.29 bits per heavy atom. The van der Waals surface area contributed by atoms with Crippen LogP contribution in [0.25, 0.3) is 0 Å². The minimum Gasteiger partial charge on any atom is -0.395 e. The van der Waals surface area contributed by atoms with Crippen LogP contribution in [0.3, 0.4) is 0 Å². The second-order valence-corrected chi connectivity index (χ2v) is 5.03. The molecule has 0 unspecified atom stereocenters. The minimum absolute atomic E-state index is 0.105. The number of pyridine rings is 1. The van der Waals surface area contributed by atoms with E-state index in [9.17, 15) is 9.59 Å². The summed E-state index contributed by atoms with van der Waals surface area (Å²) in [4.78, 5) is 31.6. The van der Waals surface area contributed by atoms with Gasteiger partial charge in [0.15, 0.2) is 0 Å². The molecule has 0 aromatic carbocycles. The molecular formula is C14H20N4O3. The molecule has 0 atom stereocenters. The Morgan fingerprint density at radius 3 is 2.57 bits per heavy atom. The van der Waals surface area contributed by atoms with Gasteiger partial charge in [0, 0.05) is 38.9 Å². The van der Waals surface area contributed by atoms with Gasteiger partial charge in [-0.15, -0.1) is 0 Å². The van der Waals surface area contributed by atoms with Crippen LogP contribution in [-0.2, 0) is 9.59 Å². The van der Waals surface area contributed by atoms with Crippen molar-refractivity contribution >= 4 is 17.6 Å². The van der Waals surface area contributed by atoms with Gasteiger partial charge in [0.05, 0.1) is 6.61 Å². The molecule has 2 rings (SSSR count). The number of aryl methyl sites for hydroxylation is 1. The maximum absolute atomic E-state index is 12.1. The molecule has 0 radical (unpaired) electrons. The van der Waals surface area contributed by atoms with Crippen LogP contribution >= 0.6 is 0 Å². The number of carbonyl (C=O) groups excluding carboxylic acids is 2. The lowest BCUT2D eigenvalue weighted by Crippen LogP contribution is -2.52. The second-order valence-electron chi connectivity index (χ2n) is 5.03. The van der Waals surface area contributed by atoms with Crippen LogP contribution < -0.4 is 5.32 Å². The van der Waals surface area contributed by atoms with Gasteiger partial charge < -0.3 is 15.3 Å². The third kappa shape index (κ3) is 4.24. The smallest absolute Gasteiger partial charge is 0.315 e. The predicted molar refractivity (Wildman–Crippen MR) is 77.7 cm³/mol. The van der Waals surface area contributed by atoms with Crippen molar-refractivity contribution in [1.29, 1.82) is 0 Å². The molecule has 1 aromatic rings. The average Bonchev–Trinajstić information content (AvgIpc) is 2.50. The first-order chi connectivity index (χ1) is 10.1. The highest BCUT2D eigenvalue weighted by Gasteiger charge is 2.25. The third-order valence-electron chi connectivity index (χ3n) is 3.42. The number of rotatable bonds is 3. The van der Waals surface area contributed by atoms with Gasteiger partial charge in [-0.05, 0) is 18.6 Å². The Kier molecular flexibility index (Phi) is 5.24. The van der Waals surface area contributed by atoms with E-state index in [-0.39, 0.29) is 6.61 Å². The van der Waals surface area contributed by atoms with E-state index in [1.54, 1.807) is 12.3 Å². The molecular weight excluding hydrogens is 272 g/mol. The Labute approximate surface area is 123 Å². The first-order valence-corrected chi connectivity index (χ1v) is 6.96. The number of β-amino-alcohol motifs (C(OH)–C–C–N with tert-alkyl or cyclic N) is 1. The third-order valence-corrected chi connectivity index (χ3v) is 3.42. The highest BCUT2D eigenvalue weighted by molar-refractivity contribution is 6.39. The lowest BCUT2D eigenvalue weighted by molar-refractivity contribution is -0.144. The SMILES string of the molecule is Cc1ccc(NC(=O)C(=O)N2CCN(CCO)CC2)nc1. The van der Waals surface area contributed by atoms with Crippen LogP contribution in [0.5, 0.6) is 0 Å². The molecule has 1 aromatic heterocycles. The van der Waals surface area contributed by atoms with Crippen molar-refractivity contribution in [3.63, 3.8) is 0 Å². The molecule has 2 N–H and O–H groups in total. The zero-order valence-corrected chi connectivity index (χ0v) is 12.1. The van der Waals surface area contributed by atoms with Gasteiger partial charge in [-0.1, -0.05) is 6.07 Å². The molecule has 21 heavy (non-hydrogen) atoms. The number of aromatic nitrogens is 1. The van der Waals surface area contributed by atoms with Crippen LogP contribution in [0.15, 0.2) is 18.3 Å². The first kappa shape index (κ1) is 15.4. The molecule has 0 spiro atoms. The fourth-order valence-electron chi connectivity index (χ4n) is 2.17. The summed E-state index contributed by atoms with van der Waals surface area (Å²) in [6.45, 7) is 4.93. The summed E-state index contributed by atoms with van der Waals surface area (Å²) in [7, 11) is 0. The summed E-state index contributed by atoms with van der Waals surface area (Å²) < 4.78 is 0. The molecule has 7 nitrogen and oxygen atoms in total. The van der Waals surface area contributed by atoms with Crippen molar-refractivity contribution in [2.75, 3.05) is 44.6 Å². The highest BCUT2D eigenvalue weighted by Crippen LogP contribution is 2.06. The Hall–Kier alpha value is -1.99. The summed E-state index contributed by atoms with van der Waals surface area (Å²) in [6, 6.07) is 3.49. The number of aliphatic hydroxyl groups is 1. The molecule has 7 heteroatoms. The monoisotopic (exact) mass is 292 g/mol. The fourth-order valence-corrected chi connectivity index (χ4v) is 2.17. The molecule has 114 valence electrons. The Balaban J connectivity index is 1.85. The van der Waals surface area contributed by atoms with E-state index in [4.69, 9.17) is 5.11 Å². The molecule has 2 amide bonds. The highest BCUT2D eigenvalue weighted by atomic mass is 16.3. The molecule has 1 aliphatic heterocycles. The summed E-state index contributed by atoms with van der Waals surface area (Å²) in [5, 5.41) is 11.4. The maximum atomic E-state index is 12.1. The van der Waals surface area contributed by atoms with Crippen molar-refractivity contribution in [2.24, 2.45) is 0 Å². The van der Waals surface area contributed by atoms with Crippen molar-refractivity contribution in [3.8, 4) is 0 Å². The molecule has 1 fully saturated rings. The van der Waals surface area contributed by atoms with Gasteiger partial charge in [0.2, 0.25) is 0 Å². The number of carbonyl (C=O) groups is 2. The number of anilines is 1. The number of amides is 2. The van der Waals surface area contributed by atoms with E-state index in [1.807, 2.05) is 13.0 Å². The maximum Gasteiger partial charge on any atom is 0.315 e. The number of aliphatic hydroxyl groups excluding tert-OH is 1. The summed E-state index contributed by atoms with van der Waals surface area (Å²) in [5.41, 5.74) is 0.985. The Morgan fingerprint density at radius 2 is 2.00 bits per heavy atom. The van der Waals surface area contributed by atoms with E-state index in [0.29, 0.717) is 38.5 Å². The van der Waals surface area contributed by atoms with Crippen LogP contribution in [0, 0.1) is 6.92 Å². The van der Waals surface area contributed by atoms with Crippen molar-refractivity contribution < 1.29 is 14.7 Å². The standard InChI is InChI=1S/C14H20N4O3/c1-11-2-3-12(15-10-11)16-13(20)14(21)18-6-4-17(5-7-18)8-9-19/h2-3,10,19H,4-9H2,1H3,(H,15,16,20). The minimum atomic E-state index is -0.665. The van der Waals surface area contributed by atoms with Gasteiger partial charge >= 0.3 is 11.8 Å². The fraction of sp³-hybridized carbons (Fsp3) is 0.500. The number of piperazine rings is 1. The lowest BCUT2D eigenvalue weighted by atomic mass is 10.3. The summed E-state index contributed by atoms with van der Waals surface area (Å²) in [5.74, 6) is -0.833. The van der Waals surface area contributed by atoms with Crippen molar-refractivity contribution in [2.45, 2.75) is 6.92 Å². The molecule has 1 saturated heterocycles. The molecule has 0 saturated carbocycles. The van der Waals surface area contributed by atoms with E-state index >= 15 is 0 Å². The normalized spacial score (nSPS) is 15.8. The lowest BCUT2D eigenvalue weighted by Gasteiger charge is -2.33. The van der Waals surface area contributed by atoms with Gasteiger partial charge in [-0.25, -0.2) is 4.98 Å². The van der Waals surface area contributed by atoms with Crippen molar-refractivity contribution in [1.82, 2.24) is 14.8 Å². The van der Waals surface area contributed by atoms with E-state index in [2.05, 4.69) is 15.2 Å². The molecule has 1 aliphatic rings. The number of hydrogen-bond acceptors (Lipinski definition) is 5. The second kappa shape index (κ2) is 7.14. The largest absolute Gasteiger partial charge is 0.395 e. The number of hydrogen-bond donors (Lipinski definition) is 2. The summed E-state index contributed by atoms with van der Waals surface area (Å²) in [6.07, 6.45) is 1.63. The number of nitrogens with zero attached hydrogens (tertiary/aromatic N) is 3. The molecule has 0 bridgehead atoms. The van der Waals surface area contributed by atoms with Gasteiger partial charge in [-0.3, -0.25) is 14.5 Å². The van der Waals surface area contributed by atoms with E-state index in [1.165, 1.54) is 4.90 Å². The van der Waals surface area contributed by atoms with Crippen LogP contribution in [0.1, 0.15) is 5.56 Å². The van der Waals surface area contributed by atoms with Crippen molar-refractivity contribution in [3.05, 3.63) is 23.9 Å². The quantitative estimate of drug-likeness (QED) is 0.731. The first-order valence-electron chi connectivity index (χ1n) is 6.96. The predicted octanol–water partition coefficient (Wildman–Crippen LogP) is -0.535. The topological polar surface area (TPSA) is 85.8 Å². The van der Waals surface area contributed by atoms with E-state index in [0.717, 1.165) is 5.56 Å². The van der Waals surface area contributed by atoms with Gasteiger partial charge in [-0.2, -0.15) is 0 Å². The average molecular weight is 292 g/mol. The van der Waals surface area contributed by atoms with Crippen LogP contribution in [0.2, 0.25) is 0 Å². The summed E-state index contributed by atoms with van der Waals surface area (Å²) >= 11 is 0. The molecule has 2 heterocycles. The van der Waals surface area contributed by atoms with E-state index < -0.39 is 11.8 Å². The Bertz CT molecular complexity index is 495. The van der Waals surface area contributed by atoms with Crippen LogP contribution in [-0.4, -0.2) is 71.0 Å². The zero-order chi connectivity index (χ0) is 15.2. The van der Waals surface area contributed by atoms with Gasteiger partial charge in [0.25, 0.3) is 0 Å². The zero-order valence-electron chi connectivity index (χ0n) is 12.1. The van der Waals surface area contributed by atoms with Gasteiger partial charge in [0.1, 0.15) is 5.82 Å².